The lowest BCUT2D eigenvalue weighted by Gasteiger charge is -2.25. The Morgan fingerprint density at radius 3 is 2.53 bits per heavy atom. The molecule has 0 aliphatic carbocycles. The summed E-state index contributed by atoms with van der Waals surface area (Å²) in [6, 6.07) is -0.297. The van der Waals surface area contributed by atoms with Crippen molar-refractivity contribution in [1.29, 1.82) is 0 Å². The summed E-state index contributed by atoms with van der Waals surface area (Å²) in [5, 5.41) is 14.0. The van der Waals surface area contributed by atoms with Crippen molar-refractivity contribution in [3.8, 4) is 0 Å². The van der Waals surface area contributed by atoms with E-state index in [0.29, 0.717) is 26.2 Å². The second-order valence-electron chi connectivity index (χ2n) is 5.12. The summed E-state index contributed by atoms with van der Waals surface area (Å²) in [6.45, 7) is 7.34. The molecule has 0 atom stereocenters. The van der Waals surface area contributed by atoms with Crippen LogP contribution in [0.2, 0.25) is 0 Å². The van der Waals surface area contributed by atoms with Crippen molar-refractivity contribution in [1.82, 2.24) is 10.6 Å². The molecule has 0 aliphatic heterocycles. The fraction of sp³-hybridized carbons (Fsp3) is 0.846. The van der Waals surface area contributed by atoms with Gasteiger partial charge in [-0.2, -0.15) is 0 Å². The average molecular weight is 274 g/mol. The van der Waals surface area contributed by atoms with Gasteiger partial charge in [0.25, 0.3) is 0 Å². The van der Waals surface area contributed by atoms with Gasteiger partial charge in [0.05, 0.1) is 6.61 Å². The Kier molecular flexibility index (Phi) is 8.95. The van der Waals surface area contributed by atoms with Crippen molar-refractivity contribution in [2.24, 2.45) is 0 Å². The molecule has 0 saturated heterocycles. The maximum atomic E-state index is 11.6. The number of unbranched alkanes of at least 4 members (excludes halogenated alkanes) is 1. The van der Waals surface area contributed by atoms with Gasteiger partial charge in [-0.25, -0.2) is 4.79 Å². The first-order valence-electron chi connectivity index (χ1n) is 6.73. The van der Waals surface area contributed by atoms with E-state index in [1.54, 1.807) is 13.8 Å². The van der Waals surface area contributed by atoms with Crippen molar-refractivity contribution < 1.29 is 19.4 Å². The van der Waals surface area contributed by atoms with Crippen LogP contribution in [0.4, 0.5) is 4.79 Å². The molecule has 0 fully saturated rings. The van der Waals surface area contributed by atoms with Crippen LogP contribution in [0, 0.1) is 0 Å². The second-order valence-corrected chi connectivity index (χ2v) is 5.12. The average Bonchev–Trinajstić information content (AvgIpc) is 2.31. The van der Waals surface area contributed by atoms with Crippen LogP contribution in [0.3, 0.4) is 0 Å². The zero-order valence-corrected chi connectivity index (χ0v) is 12.1. The number of urea groups is 1. The molecule has 3 N–H and O–H groups in total. The van der Waals surface area contributed by atoms with Crippen LogP contribution in [-0.2, 0) is 9.53 Å². The van der Waals surface area contributed by atoms with E-state index in [-0.39, 0.29) is 12.5 Å². The maximum Gasteiger partial charge on any atom is 0.315 e. The topological polar surface area (TPSA) is 87.7 Å². The Labute approximate surface area is 114 Å². The van der Waals surface area contributed by atoms with E-state index in [1.807, 2.05) is 0 Å². The highest BCUT2D eigenvalue weighted by Crippen LogP contribution is 2.10. The van der Waals surface area contributed by atoms with E-state index < -0.39 is 11.5 Å². The number of hydrogen-bond acceptors (Lipinski definition) is 3. The second kappa shape index (κ2) is 9.61. The molecule has 0 aliphatic rings. The van der Waals surface area contributed by atoms with E-state index in [2.05, 4.69) is 17.6 Å². The van der Waals surface area contributed by atoms with Gasteiger partial charge in [-0.15, -0.1) is 0 Å². The lowest BCUT2D eigenvalue weighted by atomic mass is 9.99. The fourth-order valence-corrected chi connectivity index (χ4v) is 1.42. The summed E-state index contributed by atoms with van der Waals surface area (Å²) < 4.78 is 5.31. The molecule has 6 nitrogen and oxygen atoms in total. The van der Waals surface area contributed by atoms with Crippen molar-refractivity contribution in [3.05, 3.63) is 0 Å². The maximum absolute atomic E-state index is 11.6. The molecule has 0 radical (unpaired) electrons. The van der Waals surface area contributed by atoms with Gasteiger partial charge in [-0.05, 0) is 26.7 Å². The number of carbonyl (C=O) groups is 2. The van der Waals surface area contributed by atoms with Crippen LogP contribution in [0.15, 0.2) is 0 Å². The standard InChI is InChI=1S/C13H26N2O4/c1-4-5-9-19-10-8-14-12(18)15-13(2,3)7-6-11(16)17/h4-10H2,1-3H3,(H,16,17)(H2,14,15,18). The summed E-state index contributed by atoms with van der Waals surface area (Å²) in [7, 11) is 0. The van der Waals surface area contributed by atoms with E-state index in [1.165, 1.54) is 0 Å². The minimum Gasteiger partial charge on any atom is -0.481 e. The molecular formula is C13H26N2O4. The number of ether oxygens (including phenoxy) is 1. The van der Waals surface area contributed by atoms with Crippen LogP contribution in [-0.4, -0.2) is 42.4 Å². The van der Waals surface area contributed by atoms with Crippen LogP contribution in [0.5, 0.6) is 0 Å². The number of carboxylic acids is 1. The molecule has 19 heavy (non-hydrogen) atoms. The Morgan fingerprint density at radius 2 is 1.95 bits per heavy atom. The molecule has 0 saturated carbocycles. The Morgan fingerprint density at radius 1 is 1.26 bits per heavy atom. The van der Waals surface area contributed by atoms with Crippen molar-refractivity contribution in [3.63, 3.8) is 0 Å². The highest BCUT2D eigenvalue weighted by Gasteiger charge is 2.21. The van der Waals surface area contributed by atoms with Crippen LogP contribution in [0.1, 0.15) is 46.5 Å². The minimum atomic E-state index is -0.861. The molecule has 6 heteroatoms. The smallest absolute Gasteiger partial charge is 0.315 e. The zero-order chi connectivity index (χ0) is 14.7. The third kappa shape index (κ3) is 11.5. The van der Waals surface area contributed by atoms with Gasteiger partial charge < -0.3 is 20.5 Å². The predicted octanol–water partition coefficient (Wildman–Crippen LogP) is 1.75. The Bertz CT molecular complexity index is 280. The normalized spacial score (nSPS) is 11.1. The quantitative estimate of drug-likeness (QED) is 0.530. The van der Waals surface area contributed by atoms with Gasteiger partial charge in [-0.1, -0.05) is 13.3 Å². The first-order chi connectivity index (χ1) is 8.87. The molecule has 0 heterocycles. The molecule has 0 aromatic heterocycles. The third-order valence-corrected chi connectivity index (χ3v) is 2.59. The van der Waals surface area contributed by atoms with Gasteiger partial charge in [0.15, 0.2) is 0 Å². The number of aliphatic carboxylic acids is 1. The lowest BCUT2D eigenvalue weighted by Crippen LogP contribution is -2.49. The Balaban J connectivity index is 3.69. The van der Waals surface area contributed by atoms with Crippen LogP contribution >= 0.6 is 0 Å². The molecule has 0 aromatic carbocycles. The highest BCUT2D eigenvalue weighted by molar-refractivity contribution is 5.74. The molecule has 0 rings (SSSR count). The van der Waals surface area contributed by atoms with Gasteiger partial charge in [0.1, 0.15) is 0 Å². The van der Waals surface area contributed by atoms with E-state index in [9.17, 15) is 9.59 Å². The van der Waals surface area contributed by atoms with Crippen molar-refractivity contribution in [2.75, 3.05) is 19.8 Å². The van der Waals surface area contributed by atoms with Gasteiger partial charge in [0.2, 0.25) is 0 Å². The molecule has 2 amide bonds. The molecule has 0 unspecified atom stereocenters. The summed E-state index contributed by atoms with van der Waals surface area (Å²) in [5.41, 5.74) is -0.536. The monoisotopic (exact) mass is 274 g/mol. The number of rotatable bonds is 10. The molecule has 0 bridgehead atoms. The first-order valence-corrected chi connectivity index (χ1v) is 6.73. The van der Waals surface area contributed by atoms with E-state index >= 15 is 0 Å². The predicted molar refractivity (Wildman–Crippen MR) is 73.2 cm³/mol. The number of carboxylic acid groups (broad SMARTS) is 1. The van der Waals surface area contributed by atoms with E-state index in [0.717, 1.165) is 12.8 Å². The molecule has 112 valence electrons. The van der Waals surface area contributed by atoms with Crippen molar-refractivity contribution >= 4 is 12.0 Å². The third-order valence-electron chi connectivity index (χ3n) is 2.59. The lowest BCUT2D eigenvalue weighted by molar-refractivity contribution is -0.137. The molecule has 0 aromatic rings. The summed E-state index contributed by atoms with van der Waals surface area (Å²) in [6.07, 6.45) is 2.54. The fourth-order valence-electron chi connectivity index (χ4n) is 1.42. The largest absolute Gasteiger partial charge is 0.481 e. The molecular weight excluding hydrogens is 248 g/mol. The number of amides is 2. The van der Waals surface area contributed by atoms with Crippen molar-refractivity contribution in [2.45, 2.75) is 52.0 Å². The van der Waals surface area contributed by atoms with Crippen LogP contribution < -0.4 is 10.6 Å². The number of nitrogens with one attached hydrogen (secondary N) is 2. The summed E-state index contributed by atoms with van der Waals surface area (Å²) in [4.78, 5) is 22.1. The summed E-state index contributed by atoms with van der Waals surface area (Å²) >= 11 is 0. The number of carbonyl (C=O) groups excluding carboxylic acids is 1. The number of hydrogen-bond donors (Lipinski definition) is 3. The Hall–Kier alpha value is -1.30. The minimum absolute atomic E-state index is 0.0351. The summed E-state index contributed by atoms with van der Waals surface area (Å²) in [5.74, 6) is -0.861. The zero-order valence-electron chi connectivity index (χ0n) is 12.1. The highest BCUT2D eigenvalue weighted by atomic mass is 16.5. The first kappa shape index (κ1) is 17.7. The molecule has 0 spiro atoms. The van der Waals surface area contributed by atoms with Gasteiger partial charge >= 0.3 is 12.0 Å². The van der Waals surface area contributed by atoms with Gasteiger partial charge in [-0.3, -0.25) is 4.79 Å². The van der Waals surface area contributed by atoms with Gasteiger partial charge in [0, 0.05) is 25.1 Å². The van der Waals surface area contributed by atoms with E-state index in [4.69, 9.17) is 9.84 Å². The van der Waals surface area contributed by atoms with Crippen LogP contribution in [0.25, 0.3) is 0 Å². The SMILES string of the molecule is CCCCOCCNC(=O)NC(C)(C)CCC(=O)O.